The van der Waals surface area contributed by atoms with Gasteiger partial charge in [0.15, 0.2) is 0 Å². The summed E-state index contributed by atoms with van der Waals surface area (Å²) in [5.41, 5.74) is 2.37. The topological polar surface area (TPSA) is 29.9 Å². The van der Waals surface area contributed by atoms with E-state index in [4.69, 9.17) is 0 Å². The third-order valence-corrected chi connectivity index (χ3v) is 3.75. The second-order valence-electron chi connectivity index (χ2n) is 5.09. The van der Waals surface area contributed by atoms with Gasteiger partial charge in [0.1, 0.15) is 0 Å². The Morgan fingerprint density at radius 2 is 2.18 bits per heavy atom. The number of nitrogens with one attached hydrogen (secondary N) is 1. The van der Waals surface area contributed by atoms with Crippen molar-refractivity contribution in [3.05, 3.63) is 30.0 Å². The number of rotatable bonds is 4. The molecule has 1 N–H and O–H groups in total. The molecule has 0 saturated heterocycles. The largest absolute Gasteiger partial charge is 0.308 e. The lowest BCUT2D eigenvalue weighted by Crippen LogP contribution is -2.27. The number of para-hydroxylation sites is 1. The van der Waals surface area contributed by atoms with E-state index < -0.39 is 0 Å². The number of benzene rings is 1. The molecular formula is C14H19N3. The third kappa shape index (κ3) is 2.07. The summed E-state index contributed by atoms with van der Waals surface area (Å²) in [6, 6.07) is 9.04. The molecule has 3 nitrogen and oxygen atoms in total. The van der Waals surface area contributed by atoms with Crippen molar-refractivity contribution in [3.63, 3.8) is 0 Å². The van der Waals surface area contributed by atoms with E-state index in [9.17, 15) is 0 Å². The molecule has 1 atom stereocenters. The average Bonchev–Trinajstić information content (AvgIpc) is 3.14. The molecule has 0 spiro atoms. The standard InChI is InChI=1S/C14H19N3/c1-10(11-7-8-11)15-9-13-12-5-3-4-6-14(12)17(2)16-13/h3-6,10-11,15H,7-9H2,1-2H3. The molecule has 1 heterocycles. The highest BCUT2D eigenvalue weighted by Gasteiger charge is 2.27. The Kier molecular flexibility index (Phi) is 2.63. The maximum absolute atomic E-state index is 4.60. The van der Waals surface area contributed by atoms with Gasteiger partial charge in [0.2, 0.25) is 0 Å². The van der Waals surface area contributed by atoms with Crippen LogP contribution in [0.4, 0.5) is 0 Å². The summed E-state index contributed by atoms with van der Waals surface area (Å²) in [7, 11) is 2.01. The second-order valence-corrected chi connectivity index (χ2v) is 5.09. The maximum atomic E-state index is 4.60. The van der Waals surface area contributed by atoms with Crippen molar-refractivity contribution in [2.45, 2.75) is 32.4 Å². The summed E-state index contributed by atoms with van der Waals surface area (Å²) >= 11 is 0. The van der Waals surface area contributed by atoms with E-state index in [0.29, 0.717) is 6.04 Å². The van der Waals surface area contributed by atoms with Crippen molar-refractivity contribution in [3.8, 4) is 0 Å². The highest BCUT2D eigenvalue weighted by molar-refractivity contribution is 5.81. The van der Waals surface area contributed by atoms with E-state index >= 15 is 0 Å². The van der Waals surface area contributed by atoms with E-state index in [-0.39, 0.29) is 0 Å². The molecule has 1 unspecified atom stereocenters. The fourth-order valence-electron chi connectivity index (χ4n) is 2.44. The predicted molar refractivity (Wildman–Crippen MR) is 69.7 cm³/mol. The summed E-state index contributed by atoms with van der Waals surface area (Å²) in [6.45, 7) is 3.15. The molecule has 1 saturated carbocycles. The van der Waals surface area contributed by atoms with Gasteiger partial charge in [-0.3, -0.25) is 4.68 Å². The van der Waals surface area contributed by atoms with Crippen LogP contribution in [0.15, 0.2) is 24.3 Å². The number of aromatic nitrogens is 2. The summed E-state index contributed by atoms with van der Waals surface area (Å²) in [6.07, 6.45) is 2.77. The van der Waals surface area contributed by atoms with Gasteiger partial charge in [-0.2, -0.15) is 5.10 Å². The molecule has 3 rings (SSSR count). The first-order chi connectivity index (χ1) is 8.25. The quantitative estimate of drug-likeness (QED) is 0.872. The van der Waals surface area contributed by atoms with Crippen LogP contribution in [0.2, 0.25) is 0 Å². The zero-order valence-corrected chi connectivity index (χ0v) is 10.5. The molecule has 90 valence electrons. The Morgan fingerprint density at radius 1 is 1.41 bits per heavy atom. The minimum atomic E-state index is 0.621. The van der Waals surface area contributed by atoms with Gasteiger partial charge in [0.05, 0.1) is 11.2 Å². The Labute approximate surface area is 102 Å². The molecule has 0 amide bonds. The van der Waals surface area contributed by atoms with Gasteiger partial charge in [0, 0.05) is 25.0 Å². The van der Waals surface area contributed by atoms with Crippen LogP contribution in [0, 0.1) is 5.92 Å². The van der Waals surface area contributed by atoms with Gasteiger partial charge in [0.25, 0.3) is 0 Å². The van der Waals surface area contributed by atoms with Crippen molar-refractivity contribution in [2.24, 2.45) is 13.0 Å². The summed E-state index contributed by atoms with van der Waals surface area (Å²) in [5, 5.41) is 9.46. The first-order valence-corrected chi connectivity index (χ1v) is 6.39. The van der Waals surface area contributed by atoms with E-state index in [1.807, 2.05) is 11.7 Å². The van der Waals surface area contributed by atoms with Crippen LogP contribution in [-0.4, -0.2) is 15.8 Å². The monoisotopic (exact) mass is 229 g/mol. The zero-order valence-electron chi connectivity index (χ0n) is 10.5. The highest BCUT2D eigenvalue weighted by atomic mass is 15.3. The molecule has 2 aromatic rings. The van der Waals surface area contributed by atoms with E-state index in [0.717, 1.165) is 18.2 Å². The third-order valence-electron chi connectivity index (χ3n) is 3.75. The van der Waals surface area contributed by atoms with Crippen LogP contribution < -0.4 is 5.32 Å². The summed E-state index contributed by atoms with van der Waals surface area (Å²) in [5.74, 6) is 0.893. The molecular weight excluding hydrogens is 210 g/mol. The smallest absolute Gasteiger partial charge is 0.0841 e. The van der Waals surface area contributed by atoms with Gasteiger partial charge in [-0.15, -0.1) is 0 Å². The normalized spacial score (nSPS) is 17.5. The van der Waals surface area contributed by atoms with E-state index in [2.05, 4.69) is 41.6 Å². The fourth-order valence-corrected chi connectivity index (χ4v) is 2.44. The van der Waals surface area contributed by atoms with Crippen molar-refractivity contribution < 1.29 is 0 Å². The minimum absolute atomic E-state index is 0.621. The molecule has 1 aliphatic rings. The van der Waals surface area contributed by atoms with Gasteiger partial charge in [-0.05, 0) is 31.7 Å². The van der Waals surface area contributed by atoms with Crippen molar-refractivity contribution in [1.82, 2.24) is 15.1 Å². The van der Waals surface area contributed by atoms with Crippen LogP contribution in [0.1, 0.15) is 25.5 Å². The maximum Gasteiger partial charge on any atom is 0.0841 e. The van der Waals surface area contributed by atoms with Crippen molar-refractivity contribution in [2.75, 3.05) is 0 Å². The average molecular weight is 229 g/mol. The molecule has 0 radical (unpaired) electrons. The summed E-state index contributed by atoms with van der Waals surface area (Å²) in [4.78, 5) is 0. The molecule has 1 aliphatic carbocycles. The lowest BCUT2D eigenvalue weighted by atomic mass is 10.2. The molecule has 1 fully saturated rings. The molecule has 0 bridgehead atoms. The fraction of sp³-hybridized carbons (Fsp3) is 0.500. The van der Waals surface area contributed by atoms with Crippen LogP contribution in [0.5, 0.6) is 0 Å². The molecule has 17 heavy (non-hydrogen) atoms. The molecule has 3 heteroatoms. The lowest BCUT2D eigenvalue weighted by Gasteiger charge is -2.11. The number of hydrogen-bond donors (Lipinski definition) is 1. The number of fused-ring (bicyclic) bond motifs is 1. The van der Waals surface area contributed by atoms with Crippen LogP contribution in [0.25, 0.3) is 10.9 Å². The van der Waals surface area contributed by atoms with E-state index in [1.165, 1.54) is 23.7 Å². The second kappa shape index (κ2) is 4.15. The molecule has 0 aliphatic heterocycles. The number of hydrogen-bond acceptors (Lipinski definition) is 2. The number of aryl methyl sites for hydroxylation is 1. The highest BCUT2D eigenvalue weighted by Crippen LogP contribution is 2.32. The van der Waals surface area contributed by atoms with Crippen molar-refractivity contribution >= 4 is 10.9 Å². The Hall–Kier alpha value is -1.35. The van der Waals surface area contributed by atoms with Crippen LogP contribution in [-0.2, 0) is 13.6 Å². The minimum Gasteiger partial charge on any atom is -0.308 e. The first-order valence-electron chi connectivity index (χ1n) is 6.39. The Morgan fingerprint density at radius 3 is 2.94 bits per heavy atom. The number of nitrogens with zero attached hydrogens (tertiary/aromatic N) is 2. The van der Waals surface area contributed by atoms with Crippen LogP contribution in [0.3, 0.4) is 0 Å². The van der Waals surface area contributed by atoms with Crippen molar-refractivity contribution in [1.29, 1.82) is 0 Å². The van der Waals surface area contributed by atoms with Gasteiger partial charge < -0.3 is 5.32 Å². The Balaban J connectivity index is 1.80. The Bertz CT molecular complexity index is 525. The first kappa shape index (κ1) is 10.8. The predicted octanol–water partition coefficient (Wildman–Crippen LogP) is 2.46. The van der Waals surface area contributed by atoms with Gasteiger partial charge >= 0.3 is 0 Å². The van der Waals surface area contributed by atoms with E-state index in [1.54, 1.807) is 0 Å². The SMILES string of the molecule is CC(NCc1nn(C)c2ccccc12)C1CC1. The summed E-state index contributed by atoms with van der Waals surface area (Å²) < 4.78 is 1.97. The van der Waals surface area contributed by atoms with Gasteiger partial charge in [-0.25, -0.2) is 0 Å². The van der Waals surface area contributed by atoms with Gasteiger partial charge in [-0.1, -0.05) is 18.2 Å². The molecule has 1 aromatic carbocycles. The zero-order chi connectivity index (χ0) is 11.8. The lowest BCUT2D eigenvalue weighted by molar-refractivity contribution is 0.491. The molecule has 1 aromatic heterocycles. The van der Waals surface area contributed by atoms with Crippen LogP contribution >= 0.6 is 0 Å².